The maximum atomic E-state index is 7.35. The molecule has 5 nitrogen and oxygen atoms in total. The number of hydrogen-bond donors (Lipinski definition) is 2. The van der Waals surface area contributed by atoms with Crippen LogP contribution in [-0.4, -0.2) is 28.4 Å². The third kappa shape index (κ3) is 2.41. The summed E-state index contributed by atoms with van der Waals surface area (Å²) in [6.07, 6.45) is 11.4. The van der Waals surface area contributed by atoms with E-state index in [1.54, 1.807) is 12.4 Å². The number of anilines is 1. The van der Waals surface area contributed by atoms with Crippen LogP contribution in [0.5, 0.6) is 0 Å². The van der Waals surface area contributed by atoms with Gasteiger partial charge < -0.3 is 10.6 Å². The van der Waals surface area contributed by atoms with Gasteiger partial charge in [-0.05, 0) is 31.6 Å². The first-order valence-electron chi connectivity index (χ1n) is 7.19. The SMILES string of the molecule is N=C(N)c1cnc(N2CCCC2C2CCCC2)cn1. The molecular formula is C14H21N5. The maximum absolute atomic E-state index is 7.35. The van der Waals surface area contributed by atoms with Crippen LogP contribution in [0, 0.1) is 11.3 Å². The van der Waals surface area contributed by atoms with Crippen molar-refractivity contribution in [3.8, 4) is 0 Å². The second-order valence-corrected chi connectivity index (χ2v) is 5.62. The van der Waals surface area contributed by atoms with E-state index in [1.165, 1.54) is 38.5 Å². The summed E-state index contributed by atoms with van der Waals surface area (Å²) in [6.45, 7) is 1.08. The number of aromatic nitrogens is 2. The molecular weight excluding hydrogens is 238 g/mol. The minimum absolute atomic E-state index is 0.0205. The molecule has 1 aromatic heterocycles. The van der Waals surface area contributed by atoms with Gasteiger partial charge in [0.2, 0.25) is 0 Å². The first kappa shape index (κ1) is 12.4. The second kappa shape index (κ2) is 5.15. The van der Waals surface area contributed by atoms with Gasteiger partial charge in [-0.25, -0.2) is 9.97 Å². The van der Waals surface area contributed by atoms with Gasteiger partial charge in [0.05, 0.1) is 12.4 Å². The number of nitrogens with two attached hydrogens (primary N) is 1. The summed E-state index contributed by atoms with van der Waals surface area (Å²) >= 11 is 0. The number of nitrogen functional groups attached to an aromatic ring is 1. The van der Waals surface area contributed by atoms with E-state index in [0.29, 0.717) is 11.7 Å². The fourth-order valence-corrected chi connectivity index (χ4v) is 3.52. The molecule has 1 aromatic rings. The summed E-state index contributed by atoms with van der Waals surface area (Å²) in [6, 6.07) is 0.639. The number of nitrogens with zero attached hydrogens (tertiary/aromatic N) is 3. The predicted molar refractivity (Wildman–Crippen MR) is 75.4 cm³/mol. The van der Waals surface area contributed by atoms with E-state index in [9.17, 15) is 0 Å². The zero-order valence-corrected chi connectivity index (χ0v) is 11.2. The van der Waals surface area contributed by atoms with Gasteiger partial charge >= 0.3 is 0 Å². The molecule has 0 radical (unpaired) electrons. The Bertz CT molecular complexity index is 449. The quantitative estimate of drug-likeness (QED) is 0.642. The van der Waals surface area contributed by atoms with Gasteiger partial charge in [0.25, 0.3) is 0 Å². The third-order valence-electron chi connectivity index (χ3n) is 4.45. The lowest BCUT2D eigenvalue weighted by molar-refractivity contribution is 0.429. The molecule has 0 spiro atoms. The number of rotatable bonds is 3. The highest BCUT2D eigenvalue weighted by molar-refractivity contribution is 5.92. The van der Waals surface area contributed by atoms with Crippen LogP contribution in [0.4, 0.5) is 5.82 Å². The molecule has 1 atom stereocenters. The van der Waals surface area contributed by atoms with Crippen LogP contribution in [0.2, 0.25) is 0 Å². The maximum Gasteiger partial charge on any atom is 0.147 e. The summed E-state index contributed by atoms with van der Waals surface area (Å²) in [5, 5.41) is 7.35. The average molecular weight is 259 g/mol. The molecule has 19 heavy (non-hydrogen) atoms. The molecule has 3 rings (SSSR count). The van der Waals surface area contributed by atoms with E-state index < -0.39 is 0 Å². The second-order valence-electron chi connectivity index (χ2n) is 5.62. The van der Waals surface area contributed by atoms with Crippen LogP contribution < -0.4 is 10.6 Å². The van der Waals surface area contributed by atoms with Crippen molar-refractivity contribution in [1.29, 1.82) is 5.41 Å². The monoisotopic (exact) mass is 259 g/mol. The molecule has 1 saturated heterocycles. The Balaban J connectivity index is 1.78. The molecule has 2 fully saturated rings. The van der Waals surface area contributed by atoms with Crippen LogP contribution in [0.1, 0.15) is 44.2 Å². The average Bonchev–Trinajstić information content (AvgIpc) is 3.09. The Kier molecular flexibility index (Phi) is 3.36. The molecule has 1 saturated carbocycles. The van der Waals surface area contributed by atoms with Crippen LogP contribution in [0.25, 0.3) is 0 Å². The lowest BCUT2D eigenvalue weighted by atomic mass is 9.96. The summed E-state index contributed by atoms with van der Waals surface area (Å²) < 4.78 is 0. The van der Waals surface area contributed by atoms with Gasteiger partial charge in [0.1, 0.15) is 17.3 Å². The van der Waals surface area contributed by atoms with E-state index >= 15 is 0 Å². The summed E-state index contributed by atoms with van der Waals surface area (Å²) in [5.74, 6) is 1.75. The molecule has 2 heterocycles. The highest BCUT2D eigenvalue weighted by atomic mass is 15.2. The molecule has 5 heteroatoms. The predicted octanol–water partition coefficient (Wildman–Crippen LogP) is 1.92. The van der Waals surface area contributed by atoms with Gasteiger partial charge in [-0.15, -0.1) is 0 Å². The van der Waals surface area contributed by atoms with Gasteiger partial charge in [-0.3, -0.25) is 5.41 Å². The molecule has 2 aliphatic rings. The van der Waals surface area contributed by atoms with E-state index in [4.69, 9.17) is 11.1 Å². The number of nitrogens with one attached hydrogen (secondary N) is 1. The Morgan fingerprint density at radius 3 is 2.58 bits per heavy atom. The van der Waals surface area contributed by atoms with Crippen molar-refractivity contribution >= 4 is 11.7 Å². The Labute approximate surface area is 113 Å². The first-order chi connectivity index (χ1) is 9.25. The number of amidine groups is 1. The van der Waals surface area contributed by atoms with E-state index in [2.05, 4.69) is 14.9 Å². The van der Waals surface area contributed by atoms with Crippen molar-refractivity contribution in [2.75, 3.05) is 11.4 Å². The van der Waals surface area contributed by atoms with Crippen molar-refractivity contribution in [3.05, 3.63) is 18.1 Å². The van der Waals surface area contributed by atoms with E-state index in [0.717, 1.165) is 18.3 Å². The summed E-state index contributed by atoms with van der Waals surface area (Å²) in [7, 11) is 0. The van der Waals surface area contributed by atoms with Crippen molar-refractivity contribution in [1.82, 2.24) is 9.97 Å². The van der Waals surface area contributed by atoms with Crippen LogP contribution >= 0.6 is 0 Å². The van der Waals surface area contributed by atoms with E-state index in [-0.39, 0.29) is 5.84 Å². The lowest BCUT2D eigenvalue weighted by Gasteiger charge is -2.30. The minimum atomic E-state index is -0.0205. The molecule has 102 valence electrons. The first-order valence-corrected chi connectivity index (χ1v) is 7.19. The highest BCUT2D eigenvalue weighted by Crippen LogP contribution is 2.36. The molecule has 0 amide bonds. The Morgan fingerprint density at radius 2 is 1.95 bits per heavy atom. The molecule has 0 aromatic carbocycles. The van der Waals surface area contributed by atoms with Crippen molar-refractivity contribution < 1.29 is 0 Å². The Morgan fingerprint density at radius 1 is 1.16 bits per heavy atom. The molecule has 3 N–H and O–H groups in total. The normalized spacial score (nSPS) is 24.0. The lowest BCUT2D eigenvalue weighted by Crippen LogP contribution is -2.35. The van der Waals surface area contributed by atoms with Gasteiger partial charge in [-0.1, -0.05) is 12.8 Å². The minimum Gasteiger partial charge on any atom is -0.382 e. The smallest absolute Gasteiger partial charge is 0.147 e. The van der Waals surface area contributed by atoms with Crippen molar-refractivity contribution in [2.24, 2.45) is 11.7 Å². The Hall–Kier alpha value is -1.65. The third-order valence-corrected chi connectivity index (χ3v) is 4.45. The molecule has 0 bridgehead atoms. The van der Waals surface area contributed by atoms with E-state index in [1.807, 2.05) is 0 Å². The molecule has 1 aliphatic heterocycles. The summed E-state index contributed by atoms with van der Waals surface area (Å²) in [4.78, 5) is 11.1. The molecule has 1 aliphatic carbocycles. The van der Waals surface area contributed by atoms with Crippen molar-refractivity contribution in [2.45, 2.75) is 44.6 Å². The van der Waals surface area contributed by atoms with Gasteiger partial charge in [0, 0.05) is 12.6 Å². The van der Waals surface area contributed by atoms with Crippen molar-refractivity contribution in [3.63, 3.8) is 0 Å². The molecule has 1 unspecified atom stereocenters. The van der Waals surface area contributed by atoms with Crippen LogP contribution in [0.15, 0.2) is 12.4 Å². The zero-order valence-electron chi connectivity index (χ0n) is 11.2. The van der Waals surface area contributed by atoms with Crippen LogP contribution in [-0.2, 0) is 0 Å². The van der Waals surface area contributed by atoms with Gasteiger partial charge in [-0.2, -0.15) is 0 Å². The number of hydrogen-bond acceptors (Lipinski definition) is 4. The zero-order chi connectivity index (χ0) is 13.2. The fourth-order valence-electron chi connectivity index (χ4n) is 3.52. The highest BCUT2D eigenvalue weighted by Gasteiger charge is 2.34. The summed E-state index contributed by atoms with van der Waals surface area (Å²) in [5.41, 5.74) is 5.87. The fraction of sp³-hybridized carbons (Fsp3) is 0.643. The largest absolute Gasteiger partial charge is 0.382 e. The topological polar surface area (TPSA) is 78.9 Å². The van der Waals surface area contributed by atoms with Gasteiger partial charge in [0.15, 0.2) is 0 Å². The standard InChI is InChI=1S/C14H21N5/c15-14(16)11-8-18-13(9-17-11)19-7-3-6-12(19)10-4-1-2-5-10/h8-10,12H,1-7H2,(H3,15,16). The van der Waals surface area contributed by atoms with Crippen LogP contribution in [0.3, 0.4) is 0 Å².